The van der Waals surface area contributed by atoms with Crippen molar-refractivity contribution in [2.75, 3.05) is 12.4 Å². The number of H-pyrrole nitrogens is 1. The van der Waals surface area contributed by atoms with E-state index in [2.05, 4.69) is 31.4 Å². The first kappa shape index (κ1) is 15.0. The molecule has 0 saturated heterocycles. The number of rotatable bonds is 4. The van der Waals surface area contributed by atoms with Crippen LogP contribution in [0.5, 0.6) is 0 Å². The zero-order valence-corrected chi connectivity index (χ0v) is 12.7. The molecule has 2 amide bonds. The van der Waals surface area contributed by atoms with Crippen LogP contribution in [0, 0.1) is 0 Å². The first-order valence-electron chi connectivity index (χ1n) is 6.00. The molecule has 1 aromatic carbocycles. The highest BCUT2D eigenvalue weighted by molar-refractivity contribution is 9.10. The van der Waals surface area contributed by atoms with Gasteiger partial charge in [-0.1, -0.05) is 6.07 Å². The van der Waals surface area contributed by atoms with Gasteiger partial charge in [-0.3, -0.25) is 5.10 Å². The Balaban J connectivity index is 2.14. The Morgan fingerprint density at radius 3 is 2.86 bits per heavy atom. The molecule has 0 bridgehead atoms. The summed E-state index contributed by atoms with van der Waals surface area (Å²) in [5.41, 5.74) is 1.10. The average Bonchev–Trinajstić information content (AvgIpc) is 2.93. The second-order valence-corrected chi connectivity index (χ2v) is 5.21. The molecule has 0 atom stereocenters. The minimum absolute atomic E-state index is 0.0226. The number of anilines is 1. The van der Waals surface area contributed by atoms with Gasteiger partial charge in [0, 0.05) is 23.3 Å². The summed E-state index contributed by atoms with van der Waals surface area (Å²) in [5.74, 6) is -1.11. The van der Waals surface area contributed by atoms with E-state index in [1.807, 2.05) is 0 Å². The van der Waals surface area contributed by atoms with Crippen LogP contribution in [-0.2, 0) is 6.54 Å². The summed E-state index contributed by atoms with van der Waals surface area (Å²) >= 11 is 3.24. The van der Waals surface area contributed by atoms with E-state index in [9.17, 15) is 9.59 Å². The van der Waals surface area contributed by atoms with Crippen LogP contribution in [0.1, 0.15) is 15.9 Å². The van der Waals surface area contributed by atoms with Gasteiger partial charge in [0.15, 0.2) is 0 Å². The van der Waals surface area contributed by atoms with Crippen LogP contribution in [0.15, 0.2) is 35.1 Å². The van der Waals surface area contributed by atoms with Gasteiger partial charge in [0.1, 0.15) is 0 Å². The topological polar surface area (TPSA) is 98.3 Å². The van der Waals surface area contributed by atoms with Crippen molar-refractivity contribution in [3.63, 3.8) is 0 Å². The molecule has 0 radical (unpaired) electrons. The SMILES string of the molecule is CN(Cc1cn[nH]c1)C(=O)Nc1c(Br)cccc1C(=O)O. The van der Waals surface area contributed by atoms with E-state index in [-0.39, 0.29) is 11.3 Å². The summed E-state index contributed by atoms with van der Waals surface area (Å²) in [6.45, 7) is 0.356. The van der Waals surface area contributed by atoms with Crippen molar-refractivity contribution in [2.24, 2.45) is 0 Å². The first-order valence-corrected chi connectivity index (χ1v) is 6.80. The van der Waals surface area contributed by atoms with E-state index in [0.717, 1.165) is 5.56 Å². The molecule has 1 heterocycles. The van der Waals surface area contributed by atoms with Gasteiger partial charge in [-0.05, 0) is 28.1 Å². The number of amides is 2. The normalized spacial score (nSPS) is 10.2. The number of hydrogen-bond donors (Lipinski definition) is 3. The number of aromatic nitrogens is 2. The van der Waals surface area contributed by atoms with Crippen LogP contribution < -0.4 is 5.32 Å². The van der Waals surface area contributed by atoms with Crippen LogP contribution in [0.4, 0.5) is 10.5 Å². The number of carboxylic acid groups (broad SMARTS) is 1. The van der Waals surface area contributed by atoms with Crippen molar-refractivity contribution in [2.45, 2.75) is 6.54 Å². The van der Waals surface area contributed by atoms with Crippen LogP contribution >= 0.6 is 15.9 Å². The maximum absolute atomic E-state index is 12.1. The molecule has 110 valence electrons. The van der Waals surface area contributed by atoms with Crippen LogP contribution in [0.3, 0.4) is 0 Å². The zero-order valence-electron chi connectivity index (χ0n) is 11.1. The van der Waals surface area contributed by atoms with E-state index in [1.54, 1.807) is 31.6 Å². The van der Waals surface area contributed by atoms with Gasteiger partial charge in [0.25, 0.3) is 0 Å². The largest absolute Gasteiger partial charge is 0.478 e. The highest BCUT2D eigenvalue weighted by Gasteiger charge is 2.17. The molecular weight excluding hydrogens is 340 g/mol. The Bertz CT molecular complexity index is 657. The number of urea groups is 1. The molecule has 0 spiro atoms. The van der Waals surface area contributed by atoms with Gasteiger partial charge in [-0.25, -0.2) is 9.59 Å². The second-order valence-electron chi connectivity index (χ2n) is 4.36. The number of carbonyl (C=O) groups is 2. The molecule has 21 heavy (non-hydrogen) atoms. The fraction of sp³-hybridized carbons (Fsp3) is 0.154. The molecule has 1 aromatic heterocycles. The van der Waals surface area contributed by atoms with Crippen molar-refractivity contribution in [1.82, 2.24) is 15.1 Å². The predicted octanol–water partition coefficient (Wildman–Crippen LogP) is 2.53. The molecule has 0 saturated carbocycles. The number of benzene rings is 1. The fourth-order valence-electron chi connectivity index (χ4n) is 1.74. The van der Waals surface area contributed by atoms with Crippen molar-refractivity contribution in [3.05, 3.63) is 46.2 Å². The number of halogens is 1. The van der Waals surface area contributed by atoms with E-state index >= 15 is 0 Å². The lowest BCUT2D eigenvalue weighted by molar-refractivity contribution is 0.0698. The lowest BCUT2D eigenvalue weighted by Crippen LogP contribution is -2.31. The van der Waals surface area contributed by atoms with Crippen molar-refractivity contribution >= 4 is 33.6 Å². The van der Waals surface area contributed by atoms with Crippen LogP contribution in [0.2, 0.25) is 0 Å². The Hall–Kier alpha value is -2.35. The molecule has 0 aliphatic carbocycles. The Kier molecular flexibility index (Phi) is 4.59. The number of carbonyl (C=O) groups excluding carboxylic acids is 1. The molecule has 2 rings (SSSR count). The van der Waals surface area contributed by atoms with E-state index in [4.69, 9.17) is 5.11 Å². The minimum Gasteiger partial charge on any atom is -0.478 e. The third-order valence-corrected chi connectivity index (χ3v) is 3.46. The number of carboxylic acids is 1. The monoisotopic (exact) mass is 352 g/mol. The summed E-state index contributed by atoms with van der Waals surface area (Å²) < 4.78 is 0.507. The summed E-state index contributed by atoms with van der Waals surface area (Å²) in [6.07, 6.45) is 3.30. The summed E-state index contributed by atoms with van der Waals surface area (Å²) in [5, 5.41) is 18.2. The number of nitrogens with zero attached hydrogens (tertiary/aromatic N) is 2. The average molecular weight is 353 g/mol. The molecular formula is C13H13BrN4O3. The fourth-order valence-corrected chi connectivity index (χ4v) is 2.21. The second kappa shape index (κ2) is 6.40. The van der Waals surface area contributed by atoms with Crippen LogP contribution in [-0.4, -0.2) is 39.3 Å². The van der Waals surface area contributed by atoms with Crippen LogP contribution in [0.25, 0.3) is 0 Å². The van der Waals surface area contributed by atoms with Gasteiger partial charge in [0.05, 0.1) is 24.0 Å². The third kappa shape index (κ3) is 3.60. The van der Waals surface area contributed by atoms with Crippen molar-refractivity contribution in [3.8, 4) is 0 Å². The number of aromatic carboxylic acids is 1. The molecule has 7 nitrogen and oxygen atoms in total. The zero-order chi connectivity index (χ0) is 15.4. The summed E-state index contributed by atoms with van der Waals surface area (Å²) in [7, 11) is 1.61. The molecule has 3 N–H and O–H groups in total. The van der Waals surface area contributed by atoms with E-state index in [0.29, 0.717) is 11.0 Å². The number of hydrogen-bond acceptors (Lipinski definition) is 3. The van der Waals surface area contributed by atoms with Crippen molar-refractivity contribution < 1.29 is 14.7 Å². The van der Waals surface area contributed by atoms with Gasteiger partial charge in [-0.2, -0.15) is 5.10 Å². The predicted molar refractivity (Wildman–Crippen MR) is 80.2 cm³/mol. The lowest BCUT2D eigenvalue weighted by Gasteiger charge is -2.18. The minimum atomic E-state index is -1.11. The third-order valence-electron chi connectivity index (χ3n) is 2.80. The van der Waals surface area contributed by atoms with Gasteiger partial charge >= 0.3 is 12.0 Å². The first-order chi connectivity index (χ1) is 9.99. The Morgan fingerprint density at radius 1 is 1.48 bits per heavy atom. The summed E-state index contributed by atoms with van der Waals surface area (Å²) in [6, 6.07) is 4.28. The van der Waals surface area contributed by atoms with E-state index < -0.39 is 12.0 Å². The molecule has 0 fully saturated rings. The number of aromatic amines is 1. The Morgan fingerprint density at radius 2 is 2.24 bits per heavy atom. The molecule has 0 aliphatic heterocycles. The maximum Gasteiger partial charge on any atom is 0.337 e. The molecule has 0 unspecified atom stereocenters. The smallest absolute Gasteiger partial charge is 0.337 e. The number of nitrogens with one attached hydrogen (secondary N) is 2. The van der Waals surface area contributed by atoms with Crippen molar-refractivity contribution in [1.29, 1.82) is 0 Å². The highest BCUT2D eigenvalue weighted by atomic mass is 79.9. The standard InChI is InChI=1S/C13H13BrN4O3/c1-18(7-8-5-15-16-6-8)13(21)17-11-9(12(19)20)3-2-4-10(11)14/h2-6H,7H2,1H3,(H,15,16)(H,17,21)(H,19,20). The summed E-state index contributed by atoms with van der Waals surface area (Å²) in [4.78, 5) is 24.7. The molecule has 8 heteroatoms. The molecule has 2 aromatic rings. The van der Waals surface area contributed by atoms with E-state index in [1.165, 1.54) is 11.0 Å². The van der Waals surface area contributed by atoms with Gasteiger partial charge in [-0.15, -0.1) is 0 Å². The lowest BCUT2D eigenvalue weighted by atomic mass is 10.2. The quantitative estimate of drug-likeness (QED) is 0.787. The number of para-hydroxylation sites is 1. The highest BCUT2D eigenvalue weighted by Crippen LogP contribution is 2.26. The Labute approximate surface area is 129 Å². The van der Waals surface area contributed by atoms with Gasteiger partial charge in [0.2, 0.25) is 0 Å². The maximum atomic E-state index is 12.1. The molecule has 0 aliphatic rings. The van der Waals surface area contributed by atoms with Gasteiger partial charge < -0.3 is 15.3 Å².